The lowest BCUT2D eigenvalue weighted by molar-refractivity contribution is -0.331. The number of carbonyl (C=O) groups is 11. The molecule has 0 spiro atoms. The molecule has 12 rings (SSSR count). The summed E-state index contributed by atoms with van der Waals surface area (Å²) in [6, 6.07) is -3.01. The number of hydrogen-bond donors (Lipinski definition) is 17. The van der Waals surface area contributed by atoms with Crippen LogP contribution in [0.3, 0.4) is 0 Å². The van der Waals surface area contributed by atoms with Gasteiger partial charge in [-0.15, -0.1) is 0 Å². The van der Waals surface area contributed by atoms with E-state index in [1.54, 1.807) is 19.2 Å². The summed E-state index contributed by atoms with van der Waals surface area (Å²) in [7, 11) is 1.19. The minimum Gasteiger partial charge on any atom is -0.508 e. The number of rotatable bonds is 21. The Kier molecular flexibility index (Phi) is 29.3. The van der Waals surface area contributed by atoms with Gasteiger partial charge in [-0.3, -0.25) is 43.3 Å². The number of primary amides is 1. The van der Waals surface area contributed by atoms with Gasteiger partial charge in [0.2, 0.25) is 53.4 Å². The molecule has 2 saturated heterocycles. The lowest BCUT2D eigenvalue weighted by Crippen LogP contribution is -2.66. The maximum Gasteiger partial charge on any atom is 0.471 e. The molecule has 43 heteroatoms. The summed E-state index contributed by atoms with van der Waals surface area (Å²) in [6.07, 6.45) is -27.0. The number of alkyl halides is 3. The Labute approximate surface area is 701 Å². The number of fused-ring (bicyclic) bond motifs is 15. The molecular weight excluding hydrogens is 1660 g/mol. The van der Waals surface area contributed by atoms with Crippen LogP contribution in [0.1, 0.15) is 105 Å². The van der Waals surface area contributed by atoms with Gasteiger partial charge in [-0.1, -0.05) is 93.2 Å². The van der Waals surface area contributed by atoms with Gasteiger partial charge in [0.1, 0.15) is 121 Å². The third-order valence-electron chi connectivity index (χ3n) is 20.0. The summed E-state index contributed by atoms with van der Waals surface area (Å²) in [4.78, 5) is 161. The first kappa shape index (κ1) is 92.2. The molecule has 122 heavy (non-hydrogen) atoms. The lowest BCUT2D eigenvalue weighted by atomic mass is 9.85. The van der Waals surface area contributed by atoms with Crippen molar-refractivity contribution in [3.05, 3.63) is 155 Å². The van der Waals surface area contributed by atoms with Crippen molar-refractivity contribution in [1.29, 1.82) is 0 Å². The summed E-state index contributed by atoms with van der Waals surface area (Å²) in [5.41, 5.74) is 0.676. The summed E-state index contributed by atoms with van der Waals surface area (Å²) in [5, 5.41) is 113. The molecule has 0 radical (unpaired) electrons. The van der Waals surface area contributed by atoms with E-state index in [0.717, 1.165) is 89.8 Å². The fourth-order valence-electron chi connectivity index (χ4n) is 13.9. The number of nitrogens with zero attached hydrogens (tertiary/aromatic N) is 1. The first-order valence-electron chi connectivity index (χ1n) is 37.4. The molecule has 0 aliphatic carbocycles. The number of aliphatic hydroxyl groups is 5. The highest BCUT2D eigenvalue weighted by atomic mass is 35.5. The number of phenolic OH excluding ortho intramolecular Hbond substituents is 3. The molecule has 2 fully saturated rings. The number of ether oxygens (including phenoxy) is 9. The molecule has 7 heterocycles. The van der Waals surface area contributed by atoms with Gasteiger partial charge in [-0.25, -0.2) is 14.4 Å². The smallest absolute Gasteiger partial charge is 0.471 e. The lowest BCUT2D eigenvalue weighted by Gasteiger charge is -2.48. The maximum absolute atomic E-state index is 16.3. The highest BCUT2D eigenvalue weighted by Gasteiger charge is 2.54. The Morgan fingerprint density at radius 2 is 1.29 bits per heavy atom. The van der Waals surface area contributed by atoms with Crippen LogP contribution in [-0.2, 0) is 71.6 Å². The highest BCUT2D eigenvalue weighted by Crippen LogP contribution is 2.50. The van der Waals surface area contributed by atoms with Crippen LogP contribution in [0.4, 0.5) is 22.8 Å². The van der Waals surface area contributed by atoms with Crippen LogP contribution in [0.25, 0.3) is 11.1 Å². The minimum absolute atomic E-state index is 0.134. The number of nitrogens with two attached hydrogens (primary N) is 1. The van der Waals surface area contributed by atoms with E-state index in [1.165, 1.54) is 33.0 Å². The van der Waals surface area contributed by atoms with Crippen molar-refractivity contribution in [2.24, 2.45) is 11.7 Å². The molecule has 38 nitrogen and oxygen atoms in total. The number of alkyl carbamates (subject to hydrolysis) is 1. The van der Waals surface area contributed by atoms with E-state index < -0.39 is 291 Å². The molecule has 18 N–H and O–H groups in total. The molecule has 5 aromatic carbocycles. The fraction of sp³-hybridized carbons (Fsp3) is 0.405. The van der Waals surface area contributed by atoms with E-state index in [1.807, 2.05) is 0 Å². The van der Waals surface area contributed by atoms with Crippen LogP contribution in [-0.4, -0.2) is 230 Å². The number of phenols is 3. The number of aliphatic hydroxyl groups excluding tert-OH is 5. The van der Waals surface area contributed by atoms with E-state index in [4.69, 9.17) is 71.6 Å². The molecule has 0 aromatic heterocycles. The van der Waals surface area contributed by atoms with Gasteiger partial charge in [0, 0.05) is 42.8 Å². The zero-order valence-corrected chi connectivity index (χ0v) is 66.9. The molecule has 0 saturated carbocycles. The number of esters is 1. The molecular formula is C79H87Cl2F3N10O28. The fourth-order valence-corrected chi connectivity index (χ4v) is 14.4. The number of benzene rings is 5. The normalized spacial score (nSPS) is 26.2. The average molecular weight is 1750 g/mol. The van der Waals surface area contributed by atoms with Crippen LogP contribution >= 0.6 is 23.2 Å². The summed E-state index contributed by atoms with van der Waals surface area (Å²) >= 11 is 14.3. The van der Waals surface area contributed by atoms with Gasteiger partial charge in [0.05, 0.1) is 28.1 Å². The Bertz CT molecular complexity index is 4910. The van der Waals surface area contributed by atoms with Crippen LogP contribution < -0.4 is 62.5 Å². The third kappa shape index (κ3) is 21.1. The Balaban J connectivity index is 1.25. The van der Waals surface area contributed by atoms with Gasteiger partial charge >= 0.3 is 30.2 Å². The predicted octanol–water partition coefficient (Wildman–Crippen LogP) is 3.43. The van der Waals surface area contributed by atoms with Crippen molar-refractivity contribution in [3.63, 3.8) is 0 Å². The Morgan fingerprint density at radius 1 is 0.697 bits per heavy atom. The molecule has 7 aliphatic rings. The largest absolute Gasteiger partial charge is 0.508 e. The van der Waals surface area contributed by atoms with Gasteiger partial charge in [-0.2, -0.15) is 13.2 Å². The van der Waals surface area contributed by atoms with Gasteiger partial charge < -0.3 is 132 Å². The first-order valence-corrected chi connectivity index (χ1v) is 38.1. The molecule has 10 amide bonds. The van der Waals surface area contributed by atoms with Crippen LogP contribution in [0.2, 0.25) is 10.0 Å². The molecule has 18 atom stereocenters. The van der Waals surface area contributed by atoms with Crippen molar-refractivity contribution in [3.8, 4) is 57.1 Å². The van der Waals surface area contributed by atoms with E-state index in [2.05, 4.69) is 57.0 Å². The minimum atomic E-state index is -5.57. The number of likely N-dealkylation sites (N-methyl/N-ethyl adjacent to an activating group) is 1. The zero-order chi connectivity index (χ0) is 89.4. The number of aromatic hydroxyl groups is 3. The van der Waals surface area contributed by atoms with E-state index in [-0.39, 0.29) is 36.7 Å². The number of halogens is 5. The zero-order valence-electron chi connectivity index (χ0n) is 65.4. The van der Waals surface area contributed by atoms with Crippen molar-refractivity contribution in [2.75, 3.05) is 33.4 Å². The second kappa shape index (κ2) is 38.8. The van der Waals surface area contributed by atoms with Crippen molar-refractivity contribution >= 4 is 88.6 Å². The van der Waals surface area contributed by atoms with Crippen LogP contribution in [0.5, 0.6) is 46.0 Å². The highest BCUT2D eigenvalue weighted by molar-refractivity contribution is 6.32. The second-order valence-corrected chi connectivity index (χ2v) is 30.2. The molecule has 11 bridgehead atoms. The number of hydrogen-bond acceptors (Lipinski definition) is 28. The third-order valence-corrected chi connectivity index (χ3v) is 20.6. The molecule has 9 unspecified atom stereocenters. The van der Waals surface area contributed by atoms with Crippen molar-refractivity contribution in [1.82, 2.24) is 47.4 Å². The SMILES string of the molecule is C=CCOC(=O)NC1(C)CC(OC2C(Oc3c4cc5cc3Oc3ccc(cc3Cl)[C@@H](O)[C@@H](NC(=O)[C@H](CC(C)C)N(C)C(=O)OCC=C)C(=O)N[C@@H](CC(N)=O)C(=O)N[C@H]5C(=O)N[C@H]3C(=O)N[C@H](C(=O)N[C@@H](C(=O)OCC=C)c5cc(O)cc(O)c5-c5cc3ccc5O)[C@H](O)c3ccc(c(Cl)c3)O4)OC(CNC(=O)C(F)(F)F)C(O)C2O)OC(C)C1O. The predicted molar refractivity (Wildman–Crippen MR) is 416 cm³/mol. The van der Waals surface area contributed by atoms with E-state index in [0.29, 0.717) is 0 Å². The van der Waals surface area contributed by atoms with Crippen molar-refractivity contribution < 1.29 is 149 Å². The van der Waals surface area contributed by atoms with Crippen molar-refractivity contribution in [2.45, 2.75) is 162 Å². The quantitative estimate of drug-likeness (QED) is 0.0284. The maximum atomic E-state index is 16.3. The molecule has 5 aromatic rings. The monoisotopic (exact) mass is 1750 g/mol. The van der Waals surface area contributed by atoms with Gasteiger partial charge in [-0.05, 0) is 103 Å². The number of amides is 10. The molecule has 656 valence electrons. The summed E-state index contributed by atoms with van der Waals surface area (Å²) in [5.74, 6) is -20.4. The summed E-state index contributed by atoms with van der Waals surface area (Å²) < 4.78 is 96.2. The standard InChI is InChI=1S/C79H87Cl2F3N10O28/c1-9-18-114-73(110)57-40-27-38(95)28-46(97)54(40)39-22-34(12-15-45(39)96)55-69(106)92-59(72(109)90-57)61(100)36-14-17-48(42(81)24-36)119-50-26-37-25-49(64(50)122-74-65(63(102)62(101)51(120-74)31-86-75(111)79(82,83)84)121-53-30-78(7,66(103)33(6)117-53)93-76(112)115-19-10-2)118-47-16-13-35(23-41(47)80)60(99)58(91-68(105)44(21-32(4)5)94(8)77(113)116-20-11-3)71(108)87-43(29-52(85)98)67(104)88-56(37)70(107)89-55/h9-17,22-28,32-33,43-44,51,53,55-63,65-66,74,95-97,99-103H,1-3,18-21,29-31H2,4-8H3,(H2,85,98)(H,86,111)(H,87,108)(H,88,104)(H,89,107)(H,90,109)(H,91,105)(H,92,106)(H,93,112)/t33?,43-,44-,51?,53?,55+,56+,57+,58+,59-,60+,61+,62?,63?,65?,66?,74?,78?/m0/s1. The Hall–Kier alpha value is -12.1. The first-order chi connectivity index (χ1) is 57.5. The Morgan fingerprint density at radius 3 is 1.89 bits per heavy atom. The van der Waals surface area contributed by atoms with Crippen LogP contribution in [0, 0.1) is 5.92 Å². The average Bonchev–Trinajstić information content (AvgIpc) is 0.762. The van der Waals surface area contributed by atoms with E-state index >= 15 is 24.0 Å². The van der Waals surface area contributed by atoms with Crippen LogP contribution in [0.15, 0.2) is 117 Å². The number of nitrogens with one attached hydrogen (secondary N) is 8. The van der Waals surface area contributed by atoms with Gasteiger partial charge in [0.25, 0.3) is 0 Å². The van der Waals surface area contributed by atoms with Gasteiger partial charge in [0.15, 0.2) is 29.9 Å². The summed E-state index contributed by atoms with van der Waals surface area (Å²) in [6.45, 7) is 14.1. The molecule has 7 aliphatic heterocycles. The van der Waals surface area contributed by atoms with E-state index in [9.17, 15) is 82.8 Å². The second-order valence-electron chi connectivity index (χ2n) is 29.4. The number of carbonyl (C=O) groups excluding carboxylic acids is 11. The topological polar surface area (TPSA) is 558 Å².